The number of benzene rings is 2. The Hall–Kier alpha value is -4.34. The third-order valence-electron chi connectivity index (χ3n) is 6.10. The molecule has 1 amide bonds. The van der Waals surface area contributed by atoms with E-state index in [4.69, 9.17) is 14.2 Å². The van der Waals surface area contributed by atoms with Crippen LogP contribution in [0.1, 0.15) is 30.1 Å². The van der Waals surface area contributed by atoms with Gasteiger partial charge in [-0.05, 0) is 50.1 Å². The fourth-order valence-corrected chi connectivity index (χ4v) is 4.21. The molecule has 2 heterocycles. The Morgan fingerprint density at radius 1 is 1.11 bits per heavy atom. The van der Waals surface area contributed by atoms with Crippen molar-refractivity contribution in [1.82, 2.24) is 14.7 Å². The molecule has 3 aromatic rings. The van der Waals surface area contributed by atoms with Crippen molar-refractivity contribution in [3.63, 3.8) is 0 Å². The molecule has 1 aliphatic heterocycles. The zero-order chi connectivity index (χ0) is 26.4. The van der Waals surface area contributed by atoms with Crippen LogP contribution < -0.4 is 20.3 Å². The number of rotatable bonds is 8. The maximum Gasteiger partial charge on any atom is 0.310 e. The Bertz CT molecular complexity index is 1340. The number of likely N-dealkylation sites (tertiary alicyclic amines) is 1. The van der Waals surface area contributed by atoms with Crippen molar-refractivity contribution in [3.8, 4) is 17.2 Å². The van der Waals surface area contributed by atoms with Gasteiger partial charge in [0.2, 0.25) is 0 Å². The number of anilines is 2. The summed E-state index contributed by atoms with van der Waals surface area (Å²) >= 11 is 0. The Kier molecular flexibility index (Phi) is 8.07. The average Bonchev–Trinajstić information content (AvgIpc) is 2.93. The van der Waals surface area contributed by atoms with Crippen molar-refractivity contribution >= 4 is 23.3 Å². The van der Waals surface area contributed by atoms with Gasteiger partial charge in [0.25, 0.3) is 11.5 Å². The van der Waals surface area contributed by atoms with Crippen LogP contribution in [0.2, 0.25) is 0 Å². The lowest BCUT2D eigenvalue weighted by atomic mass is 9.97. The summed E-state index contributed by atoms with van der Waals surface area (Å²) in [6.45, 7) is 2.96. The molecule has 4 rings (SSSR count). The largest absolute Gasteiger partial charge is 0.493 e. The molecule has 0 spiro atoms. The zero-order valence-corrected chi connectivity index (χ0v) is 21.1. The number of aryl methyl sites for hydroxylation is 1. The summed E-state index contributed by atoms with van der Waals surface area (Å²) in [6, 6.07) is 13.9. The van der Waals surface area contributed by atoms with Gasteiger partial charge in [-0.15, -0.1) is 0 Å². The number of hydrogen-bond acceptors (Lipinski definition) is 8. The van der Waals surface area contributed by atoms with Crippen LogP contribution in [0.3, 0.4) is 0 Å². The molecule has 1 saturated heterocycles. The van der Waals surface area contributed by atoms with Gasteiger partial charge in [0, 0.05) is 31.4 Å². The van der Waals surface area contributed by atoms with Gasteiger partial charge in [0.1, 0.15) is 0 Å². The van der Waals surface area contributed by atoms with E-state index in [0.29, 0.717) is 48.9 Å². The van der Waals surface area contributed by atoms with E-state index < -0.39 is 5.56 Å². The lowest BCUT2D eigenvalue weighted by Crippen LogP contribution is -2.42. The van der Waals surface area contributed by atoms with Crippen LogP contribution in [0.4, 0.5) is 11.4 Å². The summed E-state index contributed by atoms with van der Waals surface area (Å²) in [5.41, 5.74) is 0.719. The number of aromatic nitrogens is 2. The molecular formula is C27H30N4O6. The topological polar surface area (TPSA) is 112 Å². The van der Waals surface area contributed by atoms with Gasteiger partial charge >= 0.3 is 5.97 Å². The molecule has 1 fully saturated rings. The van der Waals surface area contributed by atoms with E-state index in [0.717, 1.165) is 6.42 Å². The number of methoxy groups -OCH3 is 1. The van der Waals surface area contributed by atoms with Crippen LogP contribution in [0.15, 0.2) is 59.5 Å². The summed E-state index contributed by atoms with van der Waals surface area (Å²) in [5, 5.41) is 7.17. The molecule has 37 heavy (non-hydrogen) atoms. The van der Waals surface area contributed by atoms with Gasteiger partial charge in [0.05, 0.1) is 25.8 Å². The van der Waals surface area contributed by atoms with E-state index in [1.165, 1.54) is 25.0 Å². The normalized spacial score (nSPS) is 15.1. The molecule has 0 unspecified atom stereocenters. The number of nitrogens with one attached hydrogen (secondary N) is 1. The van der Waals surface area contributed by atoms with E-state index in [9.17, 15) is 14.4 Å². The van der Waals surface area contributed by atoms with Gasteiger partial charge in [0.15, 0.2) is 22.9 Å². The third kappa shape index (κ3) is 5.91. The van der Waals surface area contributed by atoms with Crippen molar-refractivity contribution in [2.45, 2.75) is 19.8 Å². The first-order chi connectivity index (χ1) is 17.9. The second-order valence-corrected chi connectivity index (χ2v) is 8.61. The first-order valence-corrected chi connectivity index (χ1v) is 12.1. The van der Waals surface area contributed by atoms with E-state index in [1.54, 1.807) is 54.3 Å². The van der Waals surface area contributed by atoms with Gasteiger partial charge < -0.3 is 24.4 Å². The number of carbonyl (C=O) groups excluding carboxylic acids is 2. The van der Waals surface area contributed by atoms with Crippen LogP contribution in [-0.4, -0.2) is 53.4 Å². The van der Waals surface area contributed by atoms with Crippen LogP contribution in [0.5, 0.6) is 17.2 Å². The molecule has 1 aliphatic rings. The SMILES string of the molecule is CCOC(=O)[C@H]1CCCN(C(=O)c2cccc(Nc3c(Oc4ccccc4OC)cnn(C)c3=O)c2)C1. The Morgan fingerprint density at radius 3 is 2.65 bits per heavy atom. The highest BCUT2D eigenvalue weighted by atomic mass is 16.5. The van der Waals surface area contributed by atoms with Gasteiger partial charge in [-0.25, -0.2) is 4.68 Å². The Balaban J connectivity index is 1.57. The minimum absolute atomic E-state index is 0.161. The smallest absolute Gasteiger partial charge is 0.310 e. The van der Waals surface area contributed by atoms with Crippen molar-refractivity contribution in [3.05, 3.63) is 70.6 Å². The number of carbonyl (C=O) groups is 2. The monoisotopic (exact) mass is 506 g/mol. The number of hydrogen-bond donors (Lipinski definition) is 1. The van der Waals surface area contributed by atoms with E-state index >= 15 is 0 Å². The van der Waals surface area contributed by atoms with E-state index in [2.05, 4.69) is 10.4 Å². The minimum atomic E-state index is -0.405. The highest BCUT2D eigenvalue weighted by Gasteiger charge is 2.30. The maximum atomic E-state index is 13.3. The fourth-order valence-electron chi connectivity index (χ4n) is 4.21. The molecule has 1 atom stereocenters. The number of para-hydroxylation sites is 2. The standard InChI is InChI=1S/C27H30N4O6/c1-4-36-27(34)19-10-8-14-31(17-19)25(32)18-9-7-11-20(15-18)29-24-23(16-28-30(2)26(24)33)37-22-13-6-5-12-21(22)35-3/h5-7,9,11-13,15-16,19,29H,4,8,10,14,17H2,1-3H3/t19-/m0/s1. The first-order valence-electron chi connectivity index (χ1n) is 12.1. The zero-order valence-electron chi connectivity index (χ0n) is 21.1. The number of esters is 1. The third-order valence-corrected chi connectivity index (χ3v) is 6.10. The summed E-state index contributed by atoms with van der Waals surface area (Å²) in [4.78, 5) is 40.1. The second-order valence-electron chi connectivity index (χ2n) is 8.61. The number of ether oxygens (including phenoxy) is 3. The second kappa shape index (κ2) is 11.6. The van der Waals surface area contributed by atoms with Crippen LogP contribution >= 0.6 is 0 Å². The van der Waals surface area contributed by atoms with Gasteiger partial charge in [-0.2, -0.15) is 5.10 Å². The lowest BCUT2D eigenvalue weighted by Gasteiger charge is -2.31. The number of amides is 1. The Morgan fingerprint density at radius 2 is 1.89 bits per heavy atom. The molecule has 10 heteroatoms. The van der Waals surface area contributed by atoms with Crippen LogP contribution in [0.25, 0.3) is 0 Å². The van der Waals surface area contributed by atoms with Gasteiger partial charge in [-0.1, -0.05) is 18.2 Å². The predicted octanol–water partition coefficient (Wildman–Crippen LogP) is 3.74. The number of nitrogens with zero attached hydrogens (tertiary/aromatic N) is 3. The quantitative estimate of drug-likeness (QED) is 0.460. The number of piperidine rings is 1. The lowest BCUT2D eigenvalue weighted by molar-refractivity contribution is -0.149. The van der Waals surface area contributed by atoms with Crippen LogP contribution in [0, 0.1) is 5.92 Å². The van der Waals surface area contributed by atoms with Crippen LogP contribution in [-0.2, 0) is 16.6 Å². The molecule has 1 N–H and O–H groups in total. The van der Waals surface area contributed by atoms with E-state index in [1.807, 2.05) is 6.07 Å². The summed E-state index contributed by atoms with van der Waals surface area (Å²) < 4.78 is 17.7. The average molecular weight is 507 g/mol. The maximum absolute atomic E-state index is 13.3. The van der Waals surface area contributed by atoms with Gasteiger partial charge in [-0.3, -0.25) is 14.4 Å². The highest BCUT2D eigenvalue weighted by Crippen LogP contribution is 2.34. The molecule has 0 aliphatic carbocycles. The first kappa shape index (κ1) is 25.7. The molecule has 0 saturated carbocycles. The van der Waals surface area contributed by atoms with Crippen molar-refractivity contribution in [1.29, 1.82) is 0 Å². The minimum Gasteiger partial charge on any atom is -0.493 e. The summed E-state index contributed by atoms with van der Waals surface area (Å²) in [5.74, 6) is 0.348. The summed E-state index contributed by atoms with van der Waals surface area (Å²) in [7, 11) is 3.07. The highest BCUT2D eigenvalue weighted by molar-refractivity contribution is 5.95. The molecule has 2 aromatic carbocycles. The summed E-state index contributed by atoms with van der Waals surface area (Å²) in [6.07, 6.45) is 2.86. The van der Waals surface area contributed by atoms with E-state index in [-0.39, 0.29) is 29.2 Å². The predicted molar refractivity (Wildman–Crippen MR) is 138 cm³/mol. The molecule has 194 valence electrons. The van der Waals surface area contributed by atoms with Crippen molar-refractivity contribution in [2.75, 3.05) is 32.1 Å². The molecule has 0 radical (unpaired) electrons. The fraction of sp³-hybridized carbons (Fsp3) is 0.333. The molecule has 10 nitrogen and oxygen atoms in total. The van der Waals surface area contributed by atoms with Crippen molar-refractivity contribution in [2.24, 2.45) is 13.0 Å². The molecular weight excluding hydrogens is 476 g/mol. The molecule has 1 aromatic heterocycles. The molecule has 0 bridgehead atoms. The van der Waals surface area contributed by atoms with Crippen molar-refractivity contribution < 1.29 is 23.8 Å². The Labute approximate surface area is 214 Å².